The molecule has 0 saturated carbocycles. The number of alkyl halides is 3. The van der Waals surface area contributed by atoms with Crippen LogP contribution in [0.15, 0.2) is 12.1 Å². The Labute approximate surface area is 82.7 Å². The Morgan fingerprint density at radius 2 is 2.15 bits per heavy atom. The zero-order valence-corrected chi connectivity index (χ0v) is 8.26. The van der Waals surface area contributed by atoms with Crippen molar-refractivity contribution in [3.05, 3.63) is 29.1 Å². The molecule has 1 rings (SSSR count). The fourth-order valence-corrected chi connectivity index (χ4v) is 1.41. The van der Waals surface area contributed by atoms with Crippen LogP contribution in [0.25, 0.3) is 0 Å². The van der Waals surface area contributed by atoms with Crippen LogP contribution in [0.4, 0.5) is 8.78 Å². The quantitative estimate of drug-likeness (QED) is 0.838. The number of pyridine rings is 1. The van der Waals surface area contributed by atoms with Crippen molar-refractivity contribution in [2.24, 2.45) is 0 Å². The van der Waals surface area contributed by atoms with Gasteiger partial charge in [0.2, 0.25) is 0 Å². The van der Waals surface area contributed by atoms with Crippen LogP contribution in [0.5, 0.6) is 0 Å². The lowest BCUT2D eigenvalue weighted by Gasteiger charge is -2.06. The smallest absolute Gasteiger partial charge is 0.280 e. The van der Waals surface area contributed by atoms with Crippen molar-refractivity contribution in [3.63, 3.8) is 0 Å². The Kier molecular flexibility index (Phi) is 3.74. The number of hydrogen-bond donors (Lipinski definition) is 1. The van der Waals surface area contributed by atoms with E-state index in [2.05, 4.69) is 20.9 Å². The lowest BCUT2D eigenvalue weighted by molar-refractivity contribution is 0.144. The molecule has 0 saturated heterocycles. The van der Waals surface area contributed by atoms with E-state index in [1.807, 2.05) is 0 Å². The van der Waals surface area contributed by atoms with E-state index in [9.17, 15) is 8.78 Å². The van der Waals surface area contributed by atoms with Crippen molar-refractivity contribution in [2.75, 3.05) is 0 Å². The summed E-state index contributed by atoms with van der Waals surface area (Å²) in [5.74, 6) is 0. The van der Waals surface area contributed by atoms with Gasteiger partial charge in [0.15, 0.2) is 0 Å². The Bertz CT molecular complexity index is 293. The monoisotopic (exact) mass is 251 g/mol. The molecular weight excluding hydrogens is 244 g/mol. The topological polar surface area (TPSA) is 33.1 Å². The van der Waals surface area contributed by atoms with Gasteiger partial charge < -0.3 is 5.11 Å². The minimum absolute atomic E-state index is 0.261. The summed E-state index contributed by atoms with van der Waals surface area (Å²) in [6.45, 7) is -0.317. The first-order valence-corrected chi connectivity index (χ1v) is 4.75. The van der Waals surface area contributed by atoms with Crippen molar-refractivity contribution in [1.29, 1.82) is 0 Å². The highest BCUT2D eigenvalue weighted by Gasteiger charge is 2.14. The SMILES string of the molecule is OCc1ccc(CBr)c(C(F)F)n1. The second-order valence-electron chi connectivity index (χ2n) is 2.44. The van der Waals surface area contributed by atoms with Gasteiger partial charge in [-0.1, -0.05) is 22.0 Å². The van der Waals surface area contributed by atoms with E-state index in [1.54, 1.807) is 0 Å². The molecule has 0 aliphatic heterocycles. The lowest BCUT2D eigenvalue weighted by Crippen LogP contribution is -2.00. The van der Waals surface area contributed by atoms with Gasteiger partial charge in [0.05, 0.1) is 12.3 Å². The third kappa shape index (κ3) is 2.45. The predicted molar refractivity (Wildman–Crippen MR) is 47.7 cm³/mol. The number of halogens is 3. The van der Waals surface area contributed by atoms with E-state index in [-0.39, 0.29) is 18.0 Å². The largest absolute Gasteiger partial charge is 0.390 e. The number of nitrogens with zero attached hydrogens (tertiary/aromatic N) is 1. The Hall–Kier alpha value is -0.550. The highest BCUT2D eigenvalue weighted by atomic mass is 79.9. The van der Waals surface area contributed by atoms with E-state index >= 15 is 0 Å². The third-order valence-electron chi connectivity index (χ3n) is 1.58. The molecule has 0 amide bonds. The number of aliphatic hydroxyl groups is 1. The minimum Gasteiger partial charge on any atom is -0.390 e. The van der Waals surface area contributed by atoms with Crippen molar-refractivity contribution >= 4 is 15.9 Å². The molecule has 1 N–H and O–H groups in total. The first-order chi connectivity index (χ1) is 6.19. The number of aromatic nitrogens is 1. The molecule has 0 aliphatic rings. The molecule has 13 heavy (non-hydrogen) atoms. The van der Waals surface area contributed by atoms with Gasteiger partial charge in [-0.05, 0) is 11.6 Å². The second kappa shape index (κ2) is 4.62. The first-order valence-electron chi connectivity index (χ1n) is 3.62. The zero-order chi connectivity index (χ0) is 9.84. The Balaban J connectivity index is 3.10. The number of aliphatic hydroxyl groups excluding tert-OH is 1. The molecule has 2 nitrogen and oxygen atoms in total. The molecule has 0 bridgehead atoms. The predicted octanol–water partition coefficient (Wildman–Crippen LogP) is 2.41. The fourth-order valence-electron chi connectivity index (χ4n) is 0.936. The molecule has 1 aromatic rings. The highest BCUT2D eigenvalue weighted by molar-refractivity contribution is 9.08. The second-order valence-corrected chi connectivity index (χ2v) is 3.00. The van der Waals surface area contributed by atoms with Crippen LogP contribution in [0, 0.1) is 0 Å². The standard InChI is InChI=1S/C8H8BrF2NO/c9-3-5-1-2-6(4-13)12-7(5)8(10)11/h1-2,8,13H,3-4H2. The maximum atomic E-state index is 12.4. The van der Waals surface area contributed by atoms with Crippen molar-refractivity contribution in [1.82, 2.24) is 4.98 Å². The molecule has 1 heterocycles. The molecule has 5 heteroatoms. The first kappa shape index (κ1) is 10.5. The van der Waals surface area contributed by atoms with Crippen LogP contribution >= 0.6 is 15.9 Å². The average Bonchev–Trinajstić information content (AvgIpc) is 2.16. The van der Waals surface area contributed by atoms with Crippen molar-refractivity contribution < 1.29 is 13.9 Å². The van der Waals surface area contributed by atoms with Gasteiger partial charge in [-0.15, -0.1) is 0 Å². The van der Waals surface area contributed by atoms with Crippen molar-refractivity contribution in [2.45, 2.75) is 18.4 Å². The van der Waals surface area contributed by atoms with Crippen LogP contribution in [-0.2, 0) is 11.9 Å². The van der Waals surface area contributed by atoms with Crippen LogP contribution in [0.2, 0.25) is 0 Å². The number of hydrogen-bond acceptors (Lipinski definition) is 2. The molecule has 0 aromatic carbocycles. The van der Waals surface area contributed by atoms with Crippen molar-refractivity contribution in [3.8, 4) is 0 Å². The third-order valence-corrected chi connectivity index (χ3v) is 2.19. The van der Waals surface area contributed by atoms with Gasteiger partial charge >= 0.3 is 0 Å². The molecule has 1 aromatic heterocycles. The van der Waals surface area contributed by atoms with E-state index in [4.69, 9.17) is 5.11 Å². The molecular formula is C8H8BrF2NO. The maximum absolute atomic E-state index is 12.4. The van der Waals surface area contributed by atoms with Gasteiger partial charge in [0, 0.05) is 5.33 Å². The van der Waals surface area contributed by atoms with Gasteiger partial charge in [-0.25, -0.2) is 13.8 Å². The average molecular weight is 252 g/mol. The zero-order valence-electron chi connectivity index (χ0n) is 6.67. The maximum Gasteiger partial charge on any atom is 0.280 e. The van der Waals surface area contributed by atoms with Crippen LogP contribution in [-0.4, -0.2) is 10.1 Å². The Morgan fingerprint density at radius 3 is 2.62 bits per heavy atom. The van der Waals surface area contributed by atoms with Gasteiger partial charge in [-0.3, -0.25) is 0 Å². The molecule has 0 atom stereocenters. The molecule has 0 unspecified atom stereocenters. The summed E-state index contributed by atoms with van der Waals surface area (Å²) in [7, 11) is 0. The fraction of sp³-hybridized carbons (Fsp3) is 0.375. The molecule has 0 fully saturated rings. The minimum atomic E-state index is -2.60. The van der Waals surface area contributed by atoms with Crippen LogP contribution in [0.1, 0.15) is 23.4 Å². The van der Waals surface area contributed by atoms with E-state index in [1.165, 1.54) is 12.1 Å². The summed E-state index contributed by atoms with van der Waals surface area (Å²) in [6.07, 6.45) is -2.60. The van der Waals surface area contributed by atoms with Gasteiger partial charge in [0.1, 0.15) is 5.69 Å². The summed E-state index contributed by atoms with van der Waals surface area (Å²) in [4.78, 5) is 3.63. The normalized spacial score (nSPS) is 10.8. The van der Waals surface area contributed by atoms with E-state index in [0.717, 1.165) is 0 Å². The van der Waals surface area contributed by atoms with E-state index < -0.39 is 6.43 Å². The van der Waals surface area contributed by atoms with E-state index in [0.29, 0.717) is 10.9 Å². The molecule has 0 spiro atoms. The summed E-state index contributed by atoms with van der Waals surface area (Å²) >= 11 is 3.09. The Morgan fingerprint density at radius 1 is 1.46 bits per heavy atom. The highest BCUT2D eigenvalue weighted by Crippen LogP contribution is 2.22. The summed E-state index contributed by atoms with van der Waals surface area (Å²) in [5.41, 5.74) is 0.454. The summed E-state index contributed by atoms with van der Waals surface area (Å²) in [5, 5.41) is 9.03. The summed E-state index contributed by atoms with van der Waals surface area (Å²) < 4.78 is 24.7. The number of rotatable bonds is 3. The molecule has 0 radical (unpaired) electrons. The molecule has 0 aliphatic carbocycles. The van der Waals surface area contributed by atoms with Crippen LogP contribution < -0.4 is 0 Å². The van der Waals surface area contributed by atoms with Gasteiger partial charge in [-0.2, -0.15) is 0 Å². The van der Waals surface area contributed by atoms with Crippen LogP contribution in [0.3, 0.4) is 0 Å². The summed E-state index contributed by atoms with van der Waals surface area (Å²) in [6, 6.07) is 3.07. The molecule has 72 valence electrons. The lowest BCUT2D eigenvalue weighted by atomic mass is 10.2. The van der Waals surface area contributed by atoms with Gasteiger partial charge in [0.25, 0.3) is 6.43 Å².